The van der Waals surface area contributed by atoms with Crippen molar-refractivity contribution >= 4 is 63.8 Å². The molecule has 0 radical (unpaired) electrons. The molecule has 1 aliphatic rings. The predicted octanol–water partition coefficient (Wildman–Crippen LogP) is 4.02. The maximum atomic E-state index is 13.0. The van der Waals surface area contributed by atoms with E-state index in [2.05, 4.69) is 11.2 Å². The monoisotopic (exact) mass is 550 g/mol. The highest BCUT2D eigenvalue weighted by Gasteiger charge is 2.37. The third-order valence-corrected chi connectivity index (χ3v) is 5.26. The Morgan fingerprint density at radius 1 is 1.23 bits per heavy atom. The zero-order valence-corrected chi connectivity index (χ0v) is 19.2. The molecule has 1 N–H and O–H groups in total. The fourth-order valence-corrected chi connectivity index (χ4v) is 3.87. The smallest absolute Gasteiger partial charge is 0.335 e. The summed E-state index contributed by atoms with van der Waals surface area (Å²) in [5.41, 5.74) is 0.454. The number of barbiturate groups is 1. The second kappa shape index (κ2) is 9.85. The molecule has 4 amide bonds. The molecule has 31 heavy (non-hydrogen) atoms. The summed E-state index contributed by atoms with van der Waals surface area (Å²) in [6.45, 7) is 2.25. The first-order valence-corrected chi connectivity index (χ1v) is 10.5. The molecule has 0 atom stereocenters. The highest BCUT2D eigenvalue weighted by molar-refractivity contribution is 14.1. The Labute approximate surface area is 197 Å². The quantitative estimate of drug-likeness (QED) is 0.254. The lowest BCUT2D eigenvalue weighted by molar-refractivity contribution is -0.122. The summed E-state index contributed by atoms with van der Waals surface area (Å²) >= 11 is 8.19. The van der Waals surface area contributed by atoms with Crippen molar-refractivity contribution in [3.8, 4) is 23.8 Å². The maximum Gasteiger partial charge on any atom is 0.335 e. The summed E-state index contributed by atoms with van der Waals surface area (Å²) in [7, 11) is 0. The summed E-state index contributed by atoms with van der Waals surface area (Å²) < 4.78 is 11.9. The third-order valence-electron chi connectivity index (χ3n) is 4.14. The summed E-state index contributed by atoms with van der Waals surface area (Å²) in [6.07, 6.45) is 6.64. The van der Waals surface area contributed by atoms with Crippen molar-refractivity contribution in [2.45, 2.75) is 6.92 Å². The van der Waals surface area contributed by atoms with Crippen LogP contribution in [0.25, 0.3) is 6.08 Å². The zero-order valence-electron chi connectivity index (χ0n) is 16.3. The second-order valence-corrected chi connectivity index (χ2v) is 7.73. The van der Waals surface area contributed by atoms with Crippen LogP contribution < -0.4 is 19.7 Å². The Balaban J connectivity index is 2.04. The van der Waals surface area contributed by atoms with Crippen molar-refractivity contribution in [1.82, 2.24) is 5.32 Å². The van der Waals surface area contributed by atoms with Crippen LogP contribution in [-0.2, 0) is 9.59 Å². The minimum atomic E-state index is -0.872. The van der Waals surface area contributed by atoms with Crippen LogP contribution in [0.4, 0.5) is 10.5 Å². The molecule has 0 spiro atoms. The van der Waals surface area contributed by atoms with E-state index in [9.17, 15) is 14.4 Å². The first kappa shape index (κ1) is 22.7. The average molecular weight is 551 g/mol. The van der Waals surface area contributed by atoms with E-state index >= 15 is 0 Å². The van der Waals surface area contributed by atoms with E-state index in [1.54, 1.807) is 30.3 Å². The number of amides is 4. The molecule has 1 fully saturated rings. The highest BCUT2D eigenvalue weighted by atomic mass is 127. The van der Waals surface area contributed by atoms with Crippen molar-refractivity contribution in [2.24, 2.45) is 0 Å². The molecule has 0 aliphatic carbocycles. The van der Waals surface area contributed by atoms with Gasteiger partial charge < -0.3 is 9.47 Å². The number of ether oxygens (including phenoxy) is 2. The molecule has 1 heterocycles. The van der Waals surface area contributed by atoms with Gasteiger partial charge in [-0.1, -0.05) is 29.7 Å². The number of para-hydroxylation sites is 1. The van der Waals surface area contributed by atoms with Crippen molar-refractivity contribution in [2.75, 3.05) is 18.1 Å². The molecule has 158 valence electrons. The lowest BCUT2D eigenvalue weighted by Gasteiger charge is -2.27. The number of halogens is 2. The minimum absolute atomic E-state index is 0.0618. The number of anilines is 1. The summed E-state index contributed by atoms with van der Waals surface area (Å²) in [5.74, 6) is 1.68. The minimum Gasteiger partial charge on any atom is -0.490 e. The van der Waals surface area contributed by atoms with Crippen LogP contribution in [0.1, 0.15) is 12.5 Å². The van der Waals surface area contributed by atoms with Gasteiger partial charge in [-0.2, -0.15) is 0 Å². The Hall–Kier alpha value is -3.03. The van der Waals surface area contributed by atoms with Crippen molar-refractivity contribution in [1.29, 1.82) is 0 Å². The van der Waals surface area contributed by atoms with Crippen LogP contribution in [0, 0.1) is 15.9 Å². The number of imide groups is 2. The topological polar surface area (TPSA) is 84.9 Å². The van der Waals surface area contributed by atoms with Gasteiger partial charge in [0.05, 0.1) is 20.9 Å². The van der Waals surface area contributed by atoms with E-state index in [4.69, 9.17) is 27.5 Å². The number of rotatable bonds is 6. The average Bonchev–Trinajstić information content (AvgIpc) is 2.72. The van der Waals surface area contributed by atoms with E-state index in [0.29, 0.717) is 27.2 Å². The van der Waals surface area contributed by atoms with Gasteiger partial charge in [0.1, 0.15) is 12.2 Å². The van der Waals surface area contributed by atoms with Gasteiger partial charge >= 0.3 is 6.03 Å². The first-order chi connectivity index (χ1) is 14.9. The van der Waals surface area contributed by atoms with Crippen LogP contribution in [0.3, 0.4) is 0 Å². The SMILES string of the molecule is C#CCOc1c(I)cc(/C=C2\C(=O)NC(=O)N(c3ccccc3Cl)C2=O)cc1OCC. The van der Waals surface area contributed by atoms with E-state index < -0.39 is 17.8 Å². The number of terminal acetylenes is 1. The molecule has 0 aromatic heterocycles. The molecule has 2 aromatic rings. The van der Waals surface area contributed by atoms with Crippen LogP contribution >= 0.6 is 34.2 Å². The van der Waals surface area contributed by atoms with E-state index in [-0.39, 0.29) is 22.9 Å². The van der Waals surface area contributed by atoms with E-state index in [1.165, 1.54) is 12.1 Å². The number of urea groups is 1. The highest BCUT2D eigenvalue weighted by Crippen LogP contribution is 2.35. The predicted molar refractivity (Wildman–Crippen MR) is 125 cm³/mol. The van der Waals surface area contributed by atoms with Gasteiger partial charge in [-0.25, -0.2) is 9.69 Å². The standard InChI is InChI=1S/C22H16ClIN2O5/c1-3-9-31-19-16(24)11-13(12-18(19)30-4-2)10-14-20(27)25-22(29)26(21(14)28)17-8-6-5-7-15(17)23/h1,5-8,10-12H,4,9H2,2H3,(H,25,27,29)/b14-10+. The largest absolute Gasteiger partial charge is 0.490 e. The molecule has 9 heteroatoms. The normalized spacial score (nSPS) is 15.0. The number of nitrogens with one attached hydrogen (secondary N) is 1. The Bertz CT molecular complexity index is 1140. The molecule has 0 unspecified atom stereocenters. The number of benzene rings is 2. The number of carbonyl (C=O) groups is 3. The van der Waals surface area contributed by atoms with Crippen LogP contribution in [0.5, 0.6) is 11.5 Å². The van der Waals surface area contributed by atoms with Gasteiger partial charge in [-0.05, 0) is 65.4 Å². The van der Waals surface area contributed by atoms with Gasteiger partial charge in [0.25, 0.3) is 11.8 Å². The molecule has 1 aliphatic heterocycles. The molecule has 2 aromatic carbocycles. The number of carbonyl (C=O) groups excluding carboxylic acids is 3. The molecular weight excluding hydrogens is 535 g/mol. The molecule has 0 saturated carbocycles. The van der Waals surface area contributed by atoms with Gasteiger partial charge in [0.15, 0.2) is 11.5 Å². The van der Waals surface area contributed by atoms with Gasteiger partial charge in [-0.3, -0.25) is 14.9 Å². The fourth-order valence-electron chi connectivity index (χ4n) is 2.86. The maximum absolute atomic E-state index is 13.0. The fraction of sp³-hybridized carbons (Fsp3) is 0.136. The van der Waals surface area contributed by atoms with Crippen molar-refractivity contribution < 1.29 is 23.9 Å². The Morgan fingerprint density at radius 2 is 1.97 bits per heavy atom. The molecule has 1 saturated heterocycles. The summed E-state index contributed by atoms with van der Waals surface area (Å²) in [5, 5.41) is 2.37. The number of hydrogen-bond donors (Lipinski definition) is 1. The third kappa shape index (κ3) is 4.84. The van der Waals surface area contributed by atoms with Crippen LogP contribution in [-0.4, -0.2) is 31.1 Å². The summed E-state index contributed by atoms with van der Waals surface area (Å²) in [6, 6.07) is 8.82. The first-order valence-electron chi connectivity index (χ1n) is 9.06. The lowest BCUT2D eigenvalue weighted by Crippen LogP contribution is -2.54. The zero-order chi connectivity index (χ0) is 22.5. The lowest BCUT2D eigenvalue weighted by atomic mass is 10.1. The summed E-state index contributed by atoms with van der Waals surface area (Å²) in [4.78, 5) is 38.6. The molecule has 3 rings (SSSR count). The van der Waals surface area contributed by atoms with Crippen molar-refractivity contribution in [3.63, 3.8) is 0 Å². The number of nitrogens with zero attached hydrogens (tertiary/aromatic N) is 1. The second-order valence-electron chi connectivity index (χ2n) is 6.17. The van der Waals surface area contributed by atoms with Gasteiger partial charge in [-0.15, -0.1) is 6.42 Å². The number of hydrogen-bond acceptors (Lipinski definition) is 5. The Morgan fingerprint density at radius 3 is 2.65 bits per heavy atom. The van der Waals surface area contributed by atoms with Crippen LogP contribution in [0.2, 0.25) is 5.02 Å². The molecule has 7 nitrogen and oxygen atoms in total. The molecule has 0 bridgehead atoms. The van der Waals surface area contributed by atoms with Gasteiger partial charge in [0.2, 0.25) is 0 Å². The van der Waals surface area contributed by atoms with Crippen molar-refractivity contribution in [3.05, 3.63) is 56.1 Å². The van der Waals surface area contributed by atoms with Gasteiger partial charge in [0, 0.05) is 0 Å². The van der Waals surface area contributed by atoms with E-state index in [0.717, 1.165) is 4.90 Å². The Kier molecular flexibility index (Phi) is 7.20. The van der Waals surface area contributed by atoms with E-state index in [1.807, 2.05) is 29.5 Å². The molecular formula is C22H16ClIN2O5. The van der Waals surface area contributed by atoms with Crippen LogP contribution in [0.15, 0.2) is 42.0 Å².